The maximum absolute atomic E-state index is 2.00. The van der Waals surface area contributed by atoms with Crippen LogP contribution in [0.3, 0.4) is 0 Å². The summed E-state index contributed by atoms with van der Waals surface area (Å²) in [6, 6.07) is 132. The second-order valence-electron chi connectivity index (χ2n) is 12.7. The SMILES string of the molecule is c1ccccccccccccccccccccccccccccccccccccccccccccccccccccccccccccccccc1. The van der Waals surface area contributed by atoms with Gasteiger partial charge < -0.3 is 0 Å². The Bertz CT molecular complexity index is 1390. The first kappa shape index (κ1) is 55.4. The molecule has 1 aromatic carbocycles. The molecule has 0 heterocycles. The predicted molar refractivity (Wildman–Crippen MR) is 291 cm³/mol. The Hall–Kier alpha value is -8.58. The number of hydrogen-bond acceptors (Lipinski definition) is 0. The van der Waals surface area contributed by atoms with Crippen molar-refractivity contribution in [1.29, 1.82) is 0 Å². The lowest BCUT2D eigenvalue weighted by molar-refractivity contribution is 1.72. The van der Waals surface area contributed by atoms with Crippen LogP contribution in [0, 0.1) is 0 Å². The van der Waals surface area contributed by atoms with Gasteiger partial charge in [0.25, 0.3) is 0 Å². The maximum Gasteiger partial charge on any atom is -0.0623 e. The molecule has 0 saturated carbocycles. The lowest BCUT2D eigenvalue weighted by Gasteiger charge is -1.69. The van der Waals surface area contributed by atoms with Crippen molar-refractivity contribution in [3.05, 3.63) is 400 Å². The van der Waals surface area contributed by atoms with E-state index in [1.54, 1.807) is 0 Å². The van der Waals surface area contributed by atoms with Crippen LogP contribution in [0.1, 0.15) is 0 Å². The van der Waals surface area contributed by atoms with Crippen molar-refractivity contribution in [2.75, 3.05) is 0 Å². The van der Waals surface area contributed by atoms with Gasteiger partial charge in [-0.05, 0) is 0 Å². The first-order valence-electron chi connectivity index (χ1n) is 22.0. The highest BCUT2D eigenvalue weighted by atomic mass is 13.7. The third-order valence-electron chi connectivity index (χ3n) is 7.33. The molecular formula is C66H66. The van der Waals surface area contributed by atoms with Gasteiger partial charge in [0.2, 0.25) is 0 Å². The molecule has 0 aliphatic heterocycles. The average Bonchev–Trinajstić information content (AvgIpc) is 3.33. The fourth-order valence-corrected chi connectivity index (χ4v) is 4.23. The maximum atomic E-state index is 2.00. The molecule has 0 radical (unpaired) electrons. The van der Waals surface area contributed by atoms with Crippen molar-refractivity contribution in [1.82, 2.24) is 0 Å². The van der Waals surface area contributed by atoms with E-state index in [9.17, 15) is 0 Å². The molecule has 0 heteroatoms. The lowest BCUT2D eigenvalue weighted by Crippen LogP contribution is -1.47. The van der Waals surface area contributed by atoms with Crippen LogP contribution in [-0.2, 0) is 0 Å². The molecule has 0 spiro atoms. The number of rotatable bonds is 0. The van der Waals surface area contributed by atoms with Crippen molar-refractivity contribution in [2.24, 2.45) is 0 Å². The fourth-order valence-electron chi connectivity index (χ4n) is 4.23. The van der Waals surface area contributed by atoms with Crippen molar-refractivity contribution in [2.45, 2.75) is 0 Å². The summed E-state index contributed by atoms with van der Waals surface area (Å²) in [7, 11) is 0. The molecule has 0 N–H and O–H groups in total. The highest BCUT2D eigenvalue weighted by Crippen LogP contribution is 1.85. The molecule has 0 fully saturated rings. The van der Waals surface area contributed by atoms with E-state index in [0.717, 1.165) is 0 Å². The summed E-state index contributed by atoms with van der Waals surface area (Å²) in [5, 5.41) is 0. The second-order valence-corrected chi connectivity index (χ2v) is 12.7. The van der Waals surface area contributed by atoms with Crippen molar-refractivity contribution < 1.29 is 0 Å². The van der Waals surface area contributed by atoms with E-state index in [-0.39, 0.29) is 0 Å². The summed E-state index contributed by atoms with van der Waals surface area (Å²) in [5.74, 6) is 0. The van der Waals surface area contributed by atoms with Crippen molar-refractivity contribution >= 4 is 0 Å². The van der Waals surface area contributed by atoms with Gasteiger partial charge in [-0.1, -0.05) is 400 Å². The normalized spacial score (nSPS) is 8.00. The second kappa shape index (κ2) is 52.6. The van der Waals surface area contributed by atoms with Gasteiger partial charge in [0.1, 0.15) is 0 Å². The van der Waals surface area contributed by atoms with Crippen LogP contribution in [0.15, 0.2) is 400 Å². The summed E-state index contributed by atoms with van der Waals surface area (Å²) in [5.41, 5.74) is 0. The monoisotopic (exact) mass is 859 g/mol. The fraction of sp³-hybridized carbons (Fsp3) is 0. The van der Waals surface area contributed by atoms with Gasteiger partial charge in [-0.25, -0.2) is 0 Å². The first-order valence-corrected chi connectivity index (χ1v) is 22.0. The summed E-state index contributed by atoms with van der Waals surface area (Å²) in [6.45, 7) is 0. The molecule has 0 unspecified atom stereocenters. The summed E-state index contributed by atoms with van der Waals surface area (Å²) >= 11 is 0. The minimum atomic E-state index is 2.00. The Balaban J connectivity index is 3.00. The minimum Gasteiger partial charge on any atom is -0.0623 e. The molecule has 0 aromatic heterocycles. The van der Waals surface area contributed by atoms with Crippen LogP contribution in [0.4, 0.5) is 0 Å². The lowest BCUT2D eigenvalue weighted by atomic mass is 10.4. The molecule has 1 aromatic rings. The van der Waals surface area contributed by atoms with Crippen LogP contribution in [-0.4, -0.2) is 0 Å². The van der Waals surface area contributed by atoms with E-state index in [0.29, 0.717) is 0 Å². The van der Waals surface area contributed by atoms with Crippen LogP contribution < -0.4 is 0 Å². The summed E-state index contributed by atoms with van der Waals surface area (Å²) in [6.07, 6.45) is 0. The first-order chi connectivity index (χ1) is 33.0. The molecular weight excluding hydrogens is 793 g/mol. The Morgan fingerprint density at radius 2 is 0.0455 bits per heavy atom. The van der Waals surface area contributed by atoms with Crippen molar-refractivity contribution in [3.8, 4) is 0 Å². The van der Waals surface area contributed by atoms with Gasteiger partial charge in [0, 0.05) is 0 Å². The average molecular weight is 859 g/mol. The molecule has 0 atom stereocenters. The molecule has 0 amide bonds. The van der Waals surface area contributed by atoms with E-state index in [4.69, 9.17) is 0 Å². The summed E-state index contributed by atoms with van der Waals surface area (Å²) < 4.78 is 0. The van der Waals surface area contributed by atoms with E-state index < -0.39 is 0 Å². The largest absolute Gasteiger partial charge is 0.0623 e. The molecule has 0 aliphatic carbocycles. The Morgan fingerprint density at radius 3 is 0.0606 bits per heavy atom. The van der Waals surface area contributed by atoms with E-state index >= 15 is 0 Å². The standard InChI is InChI=1S/C66H66/c1-2-4-6-8-10-12-14-16-18-20-22-24-26-28-30-32-34-36-38-40-42-44-46-48-50-52-54-56-58-60-62-64-66-65-63-61-59-57-55-53-51-49-47-45-43-41-39-37-35-33-31-29-27-25-23-21-19-17-15-13-11-9-7-5-3-1/h1-66H. The smallest absolute Gasteiger partial charge is 0.0623 e. The molecule has 0 saturated heterocycles. The highest BCUT2D eigenvalue weighted by Gasteiger charge is 1.63. The van der Waals surface area contributed by atoms with Gasteiger partial charge in [0.05, 0.1) is 0 Å². The molecule has 0 aliphatic rings. The third-order valence-corrected chi connectivity index (χ3v) is 7.33. The van der Waals surface area contributed by atoms with Gasteiger partial charge in [0.15, 0.2) is 0 Å². The molecule has 0 nitrogen and oxygen atoms in total. The highest BCUT2D eigenvalue weighted by molar-refractivity contribution is 5.05. The van der Waals surface area contributed by atoms with Gasteiger partial charge >= 0.3 is 0 Å². The van der Waals surface area contributed by atoms with Gasteiger partial charge in [-0.2, -0.15) is 0 Å². The van der Waals surface area contributed by atoms with E-state index in [1.165, 1.54) is 0 Å². The Kier molecular flexibility index (Phi) is 44.1. The zero-order chi connectivity index (χ0) is 46.7. The Labute approximate surface area is 398 Å². The van der Waals surface area contributed by atoms with Crippen LogP contribution in [0.25, 0.3) is 0 Å². The van der Waals surface area contributed by atoms with Crippen LogP contribution in [0.2, 0.25) is 0 Å². The molecule has 1 rings (SSSR count). The third kappa shape index (κ3) is 49.8. The van der Waals surface area contributed by atoms with Gasteiger partial charge in [-0.3, -0.25) is 0 Å². The van der Waals surface area contributed by atoms with Gasteiger partial charge in [-0.15, -0.1) is 0 Å². The predicted octanol–water partition coefficient (Wildman–Crippen LogP) is 18.6. The van der Waals surface area contributed by atoms with E-state index in [1.807, 2.05) is 400 Å². The quantitative estimate of drug-likeness (QED) is 0.244. The van der Waals surface area contributed by atoms with E-state index in [2.05, 4.69) is 0 Å². The molecule has 330 valence electrons. The topological polar surface area (TPSA) is 0 Å². The molecule has 0 bridgehead atoms. The minimum absolute atomic E-state index is 2.00. The zero-order valence-electron chi connectivity index (χ0n) is 38.1. The number of hydrogen-bond donors (Lipinski definition) is 0. The molecule has 66 heavy (non-hydrogen) atoms. The summed E-state index contributed by atoms with van der Waals surface area (Å²) in [4.78, 5) is 0. The Morgan fingerprint density at radius 1 is 0.0303 bits per heavy atom. The van der Waals surface area contributed by atoms with Crippen molar-refractivity contribution in [3.63, 3.8) is 0 Å². The van der Waals surface area contributed by atoms with Crippen LogP contribution in [0.5, 0.6) is 0 Å². The van der Waals surface area contributed by atoms with Crippen LogP contribution >= 0.6 is 0 Å². The zero-order valence-corrected chi connectivity index (χ0v) is 38.1.